The molecule has 0 atom stereocenters. The van der Waals surface area contributed by atoms with E-state index in [0.29, 0.717) is 5.75 Å². The molecule has 18 heavy (non-hydrogen) atoms. The van der Waals surface area contributed by atoms with E-state index >= 15 is 0 Å². The zero-order chi connectivity index (χ0) is 13.8. The number of amides is 4. The molecule has 1 aliphatic heterocycles. The Morgan fingerprint density at radius 3 is 2.17 bits per heavy atom. The number of thioether (sulfide) groups is 1. The van der Waals surface area contributed by atoms with Crippen molar-refractivity contribution in [2.24, 2.45) is 11.3 Å². The number of carbonyl (C=O) groups is 3. The number of carbonyl (C=O) groups excluding carboxylic acids is 3. The summed E-state index contributed by atoms with van der Waals surface area (Å²) >= 11 is 1.59. The topological polar surface area (TPSA) is 75.3 Å². The van der Waals surface area contributed by atoms with Crippen LogP contribution in [0.1, 0.15) is 33.6 Å². The van der Waals surface area contributed by atoms with E-state index < -0.39 is 23.3 Å². The summed E-state index contributed by atoms with van der Waals surface area (Å²) in [4.78, 5) is 35.2. The fraction of sp³-hybridized carbons (Fsp3) is 0.750. The minimum atomic E-state index is -1.13. The molecule has 0 unspecified atom stereocenters. The maximum atomic E-state index is 12.0. The number of urea groups is 1. The van der Waals surface area contributed by atoms with Gasteiger partial charge in [0.2, 0.25) is 11.8 Å². The third kappa shape index (κ3) is 2.85. The summed E-state index contributed by atoms with van der Waals surface area (Å²) < 4.78 is 0. The standard InChI is InChI=1S/C12H20N2O3S/c1-4-5-6-18-7-12(8(2)3)9(15)13-11(17)14-10(12)16/h8H,4-7H2,1-3H3,(H2,13,14,15,16,17). The Bertz CT molecular complexity index is 335. The number of imide groups is 2. The van der Waals surface area contributed by atoms with Crippen molar-refractivity contribution in [1.29, 1.82) is 0 Å². The first-order valence-corrected chi connectivity index (χ1v) is 7.35. The SMILES string of the molecule is CCCCSCC1(C(C)C)C(=O)NC(=O)NC1=O. The minimum absolute atomic E-state index is 0.153. The van der Waals surface area contributed by atoms with Gasteiger partial charge < -0.3 is 0 Å². The highest BCUT2D eigenvalue weighted by Crippen LogP contribution is 2.34. The summed E-state index contributed by atoms with van der Waals surface area (Å²) in [6, 6.07) is -0.722. The molecule has 0 spiro atoms. The zero-order valence-corrected chi connectivity index (χ0v) is 11.9. The minimum Gasteiger partial charge on any atom is -0.277 e. The molecule has 0 saturated carbocycles. The summed E-state index contributed by atoms with van der Waals surface area (Å²) in [5.74, 6) is 0.222. The average molecular weight is 272 g/mol. The van der Waals surface area contributed by atoms with Gasteiger partial charge >= 0.3 is 6.03 Å². The molecule has 6 heteroatoms. The van der Waals surface area contributed by atoms with E-state index in [9.17, 15) is 14.4 Å². The molecule has 5 nitrogen and oxygen atoms in total. The monoisotopic (exact) mass is 272 g/mol. The lowest BCUT2D eigenvalue weighted by Gasteiger charge is -2.36. The van der Waals surface area contributed by atoms with Crippen LogP contribution in [0.2, 0.25) is 0 Å². The highest BCUT2D eigenvalue weighted by atomic mass is 32.2. The van der Waals surface area contributed by atoms with Gasteiger partial charge in [-0.1, -0.05) is 27.2 Å². The third-order valence-electron chi connectivity index (χ3n) is 3.22. The fourth-order valence-corrected chi connectivity index (χ4v) is 3.42. The zero-order valence-electron chi connectivity index (χ0n) is 11.0. The molecule has 102 valence electrons. The number of unbranched alkanes of at least 4 members (excludes halogenated alkanes) is 1. The van der Waals surface area contributed by atoms with Crippen LogP contribution in [0, 0.1) is 11.3 Å². The predicted octanol–water partition coefficient (Wildman–Crippen LogP) is 1.53. The van der Waals surface area contributed by atoms with Gasteiger partial charge in [0.15, 0.2) is 0 Å². The van der Waals surface area contributed by atoms with Crippen molar-refractivity contribution >= 4 is 29.6 Å². The summed E-state index contributed by atoms with van der Waals surface area (Å²) in [6.07, 6.45) is 2.14. The first-order valence-electron chi connectivity index (χ1n) is 6.19. The van der Waals surface area contributed by atoms with Crippen LogP contribution in [-0.2, 0) is 9.59 Å². The maximum Gasteiger partial charge on any atom is 0.328 e. The molecule has 0 aromatic carbocycles. The van der Waals surface area contributed by atoms with Crippen LogP contribution >= 0.6 is 11.8 Å². The van der Waals surface area contributed by atoms with Crippen molar-refractivity contribution in [2.45, 2.75) is 33.6 Å². The largest absolute Gasteiger partial charge is 0.328 e. The number of rotatable bonds is 6. The van der Waals surface area contributed by atoms with Crippen molar-refractivity contribution in [2.75, 3.05) is 11.5 Å². The van der Waals surface area contributed by atoms with Gasteiger partial charge in [0.05, 0.1) is 0 Å². The van der Waals surface area contributed by atoms with Crippen molar-refractivity contribution in [3.63, 3.8) is 0 Å². The van der Waals surface area contributed by atoms with E-state index in [1.807, 2.05) is 13.8 Å². The number of hydrogen-bond acceptors (Lipinski definition) is 4. The van der Waals surface area contributed by atoms with Crippen LogP contribution < -0.4 is 10.6 Å². The Hall–Kier alpha value is -1.04. The van der Waals surface area contributed by atoms with Crippen LogP contribution in [0.3, 0.4) is 0 Å². The van der Waals surface area contributed by atoms with Gasteiger partial charge in [-0.2, -0.15) is 11.8 Å². The Labute approximate surface area is 111 Å². The van der Waals surface area contributed by atoms with E-state index in [4.69, 9.17) is 0 Å². The molecule has 2 N–H and O–H groups in total. The van der Waals surface area contributed by atoms with Gasteiger partial charge in [-0.05, 0) is 18.1 Å². The highest BCUT2D eigenvalue weighted by molar-refractivity contribution is 7.99. The predicted molar refractivity (Wildman–Crippen MR) is 71.2 cm³/mol. The molecule has 4 amide bonds. The van der Waals surface area contributed by atoms with E-state index in [0.717, 1.165) is 18.6 Å². The van der Waals surface area contributed by atoms with Crippen molar-refractivity contribution < 1.29 is 14.4 Å². The van der Waals surface area contributed by atoms with Gasteiger partial charge in [-0.25, -0.2) is 4.79 Å². The maximum absolute atomic E-state index is 12.0. The second-order valence-electron chi connectivity index (χ2n) is 4.77. The third-order valence-corrected chi connectivity index (χ3v) is 4.46. The summed E-state index contributed by atoms with van der Waals surface area (Å²) in [7, 11) is 0. The van der Waals surface area contributed by atoms with Crippen LogP contribution in [0.4, 0.5) is 4.79 Å². The van der Waals surface area contributed by atoms with Crippen molar-refractivity contribution in [3.8, 4) is 0 Å². The van der Waals surface area contributed by atoms with Crippen LogP contribution in [0.5, 0.6) is 0 Å². The van der Waals surface area contributed by atoms with Gasteiger partial charge in [0.25, 0.3) is 0 Å². The highest BCUT2D eigenvalue weighted by Gasteiger charge is 2.52. The molecule has 1 aliphatic rings. The molecule has 1 rings (SSSR count). The lowest BCUT2D eigenvalue weighted by Crippen LogP contribution is -2.65. The molecule has 0 aromatic heterocycles. The van der Waals surface area contributed by atoms with E-state index in [1.165, 1.54) is 0 Å². The van der Waals surface area contributed by atoms with E-state index in [-0.39, 0.29) is 5.92 Å². The first-order chi connectivity index (χ1) is 8.45. The number of nitrogens with one attached hydrogen (secondary N) is 2. The van der Waals surface area contributed by atoms with Gasteiger partial charge in [-0.15, -0.1) is 0 Å². The Balaban J connectivity index is 2.81. The lowest BCUT2D eigenvalue weighted by molar-refractivity contribution is -0.145. The molecular weight excluding hydrogens is 252 g/mol. The molecule has 1 heterocycles. The second kappa shape index (κ2) is 6.22. The number of barbiturate groups is 1. The molecular formula is C12H20N2O3S. The molecule has 0 radical (unpaired) electrons. The number of hydrogen-bond donors (Lipinski definition) is 2. The normalized spacial score (nSPS) is 18.8. The molecule has 1 saturated heterocycles. The van der Waals surface area contributed by atoms with Crippen molar-refractivity contribution in [1.82, 2.24) is 10.6 Å². The van der Waals surface area contributed by atoms with Gasteiger partial charge in [0, 0.05) is 5.75 Å². The molecule has 0 aliphatic carbocycles. The summed E-state index contributed by atoms with van der Waals surface area (Å²) in [6.45, 7) is 5.75. The second-order valence-corrected chi connectivity index (χ2v) is 5.87. The van der Waals surface area contributed by atoms with Crippen molar-refractivity contribution in [3.05, 3.63) is 0 Å². The van der Waals surface area contributed by atoms with Gasteiger partial charge in [-0.3, -0.25) is 20.2 Å². The quantitative estimate of drug-likeness (QED) is 0.568. The Morgan fingerprint density at radius 2 is 1.72 bits per heavy atom. The van der Waals surface area contributed by atoms with E-state index in [1.54, 1.807) is 11.8 Å². The molecule has 0 bridgehead atoms. The summed E-state index contributed by atoms with van der Waals surface area (Å²) in [5.41, 5.74) is -1.13. The molecule has 0 aromatic rings. The van der Waals surface area contributed by atoms with Crippen LogP contribution in [0.25, 0.3) is 0 Å². The van der Waals surface area contributed by atoms with Gasteiger partial charge in [0.1, 0.15) is 5.41 Å². The average Bonchev–Trinajstić information content (AvgIpc) is 2.26. The fourth-order valence-electron chi connectivity index (χ4n) is 1.87. The first kappa shape index (κ1) is 15.0. The van der Waals surface area contributed by atoms with Crippen LogP contribution in [0.15, 0.2) is 0 Å². The smallest absolute Gasteiger partial charge is 0.277 e. The lowest BCUT2D eigenvalue weighted by atomic mass is 9.76. The van der Waals surface area contributed by atoms with Crippen LogP contribution in [-0.4, -0.2) is 29.4 Å². The Morgan fingerprint density at radius 1 is 1.17 bits per heavy atom. The molecule has 1 fully saturated rings. The van der Waals surface area contributed by atoms with E-state index in [2.05, 4.69) is 17.6 Å². The summed E-state index contributed by atoms with van der Waals surface area (Å²) in [5, 5.41) is 4.40. The Kier molecular flexibility index (Phi) is 5.19.